The highest BCUT2D eigenvalue weighted by atomic mass is 16.6. The van der Waals surface area contributed by atoms with Crippen molar-refractivity contribution in [3.05, 3.63) is 11.1 Å². The predicted molar refractivity (Wildman–Crippen MR) is 135 cm³/mol. The molecule has 4 rings (SSSR count). The number of epoxide rings is 1. The number of hydrogen-bond acceptors (Lipinski definition) is 12. The van der Waals surface area contributed by atoms with E-state index >= 15 is 0 Å². The molecule has 0 radical (unpaired) electrons. The number of aliphatic hydroxyl groups excluding tert-OH is 2. The van der Waals surface area contributed by atoms with Crippen LogP contribution in [0.1, 0.15) is 68.2 Å². The predicted octanol–water partition coefficient (Wildman–Crippen LogP) is 0.721. The molecule has 3 N–H and O–H groups in total. The van der Waals surface area contributed by atoms with E-state index < -0.39 is 88.5 Å². The van der Waals surface area contributed by atoms with Crippen molar-refractivity contribution in [3.63, 3.8) is 0 Å². The molecule has 12 nitrogen and oxygen atoms in total. The normalized spacial score (nSPS) is 43.5. The zero-order valence-corrected chi connectivity index (χ0v) is 24.2. The zero-order chi connectivity index (χ0) is 30.2. The number of carbonyl (C=O) groups is 4. The van der Waals surface area contributed by atoms with Crippen molar-refractivity contribution in [3.8, 4) is 0 Å². The quantitative estimate of drug-likeness (QED) is 0.188. The molecule has 0 aromatic carbocycles. The highest BCUT2D eigenvalue weighted by molar-refractivity contribution is 5.69. The van der Waals surface area contributed by atoms with E-state index in [4.69, 9.17) is 23.7 Å². The molecule has 1 heterocycles. The highest BCUT2D eigenvalue weighted by Gasteiger charge is 2.78. The number of hydrogen-bond donors (Lipinski definition) is 3. The minimum Gasteiger partial charge on any atom is -0.459 e. The van der Waals surface area contributed by atoms with Gasteiger partial charge in [0, 0.05) is 57.3 Å². The smallest absolute Gasteiger partial charge is 0.303 e. The van der Waals surface area contributed by atoms with Crippen LogP contribution in [0.15, 0.2) is 11.1 Å². The largest absolute Gasteiger partial charge is 0.459 e. The van der Waals surface area contributed by atoms with Crippen molar-refractivity contribution in [1.29, 1.82) is 0 Å². The van der Waals surface area contributed by atoms with E-state index in [9.17, 15) is 34.5 Å². The Balaban J connectivity index is 2.08. The Morgan fingerprint density at radius 3 is 1.88 bits per heavy atom. The fourth-order valence-electron chi connectivity index (χ4n) is 7.73. The lowest BCUT2D eigenvalue weighted by Crippen LogP contribution is -2.76. The third-order valence-electron chi connectivity index (χ3n) is 9.72. The van der Waals surface area contributed by atoms with Gasteiger partial charge in [-0.2, -0.15) is 0 Å². The van der Waals surface area contributed by atoms with Gasteiger partial charge in [0.2, 0.25) is 0 Å². The lowest BCUT2D eigenvalue weighted by molar-refractivity contribution is -0.280. The van der Waals surface area contributed by atoms with Gasteiger partial charge in [0.1, 0.15) is 35.6 Å². The summed E-state index contributed by atoms with van der Waals surface area (Å²) in [5, 5.41) is 36.6. The number of carbonyl (C=O) groups excluding carboxylic acids is 4. The van der Waals surface area contributed by atoms with E-state index in [1.165, 1.54) is 27.7 Å². The Labute approximate surface area is 232 Å². The molecule has 1 aliphatic heterocycles. The lowest BCUT2D eigenvalue weighted by atomic mass is 9.45. The van der Waals surface area contributed by atoms with E-state index in [1.54, 1.807) is 27.7 Å². The molecule has 1 saturated heterocycles. The molecule has 0 aromatic rings. The van der Waals surface area contributed by atoms with Crippen LogP contribution in [0.2, 0.25) is 0 Å². The van der Waals surface area contributed by atoms with Crippen molar-refractivity contribution in [2.75, 3.05) is 6.61 Å². The van der Waals surface area contributed by atoms with Crippen molar-refractivity contribution in [2.24, 2.45) is 16.7 Å². The summed E-state index contributed by atoms with van der Waals surface area (Å²) < 4.78 is 28.8. The molecule has 0 aromatic heterocycles. The average Bonchev–Trinajstić information content (AvgIpc) is 3.59. The van der Waals surface area contributed by atoms with E-state index in [-0.39, 0.29) is 25.0 Å². The Morgan fingerprint density at radius 2 is 1.40 bits per heavy atom. The molecule has 0 unspecified atom stereocenters. The van der Waals surface area contributed by atoms with Crippen molar-refractivity contribution in [1.82, 2.24) is 0 Å². The summed E-state index contributed by atoms with van der Waals surface area (Å²) in [5.74, 6) is -3.90. The fourth-order valence-corrected chi connectivity index (χ4v) is 7.73. The first kappa shape index (κ1) is 30.4. The Kier molecular flexibility index (Phi) is 7.44. The maximum Gasteiger partial charge on any atom is 0.303 e. The van der Waals surface area contributed by atoms with Gasteiger partial charge >= 0.3 is 23.9 Å². The summed E-state index contributed by atoms with van der Waals surface area (Å²) in [5.41, 5.74) is -5.57. The number of aliphatic hydroxyl groups is 3. The maximum atomic E-state index is 12.8. The monoisotopic (exact) mass is 568 g/mol. The van der Waals surface area contributed by atoms with Gasteiger partial charge in [-0.1, -0.05) is 20.8 Å². The molecule has 2 bridgehead atoms. The van der Waals surface area contributed by atoms with Gasteiger partial charge < -0.3 is 39.0 Å². The van der Waals surface area contributed by atoms with E-state index in [0.29, 0.717) is 5.57 Å². The number of fused-ring (bicyclic) bond motifs is 4. The molecular weight excluding hydrogens is 528 g/mol. The molecule has 12 heteroatoms. The van der Waals surface area contributed by atoms with Crippen molar-refractivity contribution >= 4 is 23.9 Å². The second kappa shape index (κ2) is 9.78. The minimum absolute atomic E-state index is 0.0201. The van der Waals surface area contributed by atoms with E-state index in [2.05, 4.69) is 0 Å². The van der Waals surface area contributed by atoms with Crippen LogP contribution in [0.3, 0.4) is 0 Å². The zero-order valence-electron chi connectivity index (χ0n) is 24.2. The summed E-state index contributed by atoms with van der Waals surface area (Å²) in [4.78, 5) is 49.2. The van der Waals surface area contributed by atoms with Crippen LogP contribution in [-0.2, 0) is 42.9 Å². The summed E-state index contributed by atoms with van der Waals surface area (Å²) in [7, 11) is 0. The second-order valence-electron chi connectivity index (χ2n) is 12.4. The first-order valence-corrected chi connectivity index (χ1v) is 13.5. The molecule has 2 saturated carbocycles. The van der Waals surface area contributed by atoms with Crippen molar-refractivity contribution < 1.29 is 58.2 Å². The van der Waals surface area contributed by atoms with Gasteiger partial charge in [0.05, 0.1) is 12.7 Å². The van der Waals surface area contributed by atoms with Crippen LogP contribution >= 0.6 is 0 Å². The lowest BCUT2D eigenvalue weighted by Gasteiger charge is -2.64. The third kappa shape index (κ3) is 4.34. The molecule has 3 aliphatic carbocycles. The first-order valence-electron chi connectivity index (χ1n) is 13.5. The summed E-state index contributed by atoms with van der Waals surface area (Å²) >= 11 is 0. The minimum atomic E-state index is -2.01. The summed E-state index contributed by atoms with van der Waals surface area (Å²) in [6, 6.07) is 0. The van der Waals surface area contributed by atoms with E-state index in [0.717, 1.165) is 0 Å². The molecule has 4 aliphatic rings. The van der Waals surface area contributed by atoms with Crippen LogP contribution in [0.25, 0.3) is 0 Å². The first-order chi connectivity index (χ1) is 18.3. The molecule has 10 atom stereocenters. The van der Waals surface area contributed by atoms with Gasteiger partial charge in [-0.3, -0.25) is 19.2 Å². The molecule has 3 fully saturated rings. The van der Waals surface area contributed by atoms with Crippen LogP contribution in [0.5, 0.6) is 0 Å². The molecule has 1 spiro atoms. The van der Waals surface area contributed by atoms with Crippen LogP contribution in [0.4, 0.5) is 0 Å². The average molecular weight is 569 g/mol. The van der Waals surface area contributed by atoms with Crippen LogP contribution < -0.4 is 0 Å². The van der Waals surface area contributed by atoms with Crippen LogP contribution in [0, 0.1) is 16.7 Å². The molecule has 224 valence electrons. The molecule has 40 heavy (non-hydrogen) atoms. The van der Waals surface area contributed by atoms with Gasteiger partial charge in [0.25, 0.3) is 0 Å². The van der Waals surface area contributed by atoms with Gasteiger partial charge in [-0.25, -0.2) is 0 Å². The van der Waals surface area contributed by atoms with Gasteiger partial charge in [-0.15, -0.1) is 0 Å². The fraction of sp³-hybridized carbons (Fsp3) is 0.786. The maximum absolute atomic E-state index is 12.8. The third-order valence-corrected chi connectivity index (χ3v) is 9.72. The summed E-state index contributed by atoms with van der Waals surface area (Å²) in [6.45, 7) is 11.3. The van der Waals surface area contributed by atoms with Crippen LogP contribution in [-0.4, -0.2) is 93.6 Å². The Hall–Kier alpha value is -2.54. The highest BCUT2D eigenvalue weighted by Crippen LogP contribution is 2.66. The van der Waals surface area contributed by atoms with Crippen molar-refractivity contribution in [2.45, 2.75) is 116 Å². The van der Waals surface area contributed by atoms with E-state index in [1.807, 2.05) is 0 Å². The molecular formula is C28H40O12. The second-order valence-corrected chi connectivity index (χ2v) is 12.4. The summed E-state index contributed by atoms with van der Waals surface area (Å²) in [6.07, 6.45) is -8.18. The number of esters is 4. The molecule has 0 amide bonds. The van der Waals surface area contributed by atoms with Gasteiger partial charge in [-0.05, 0) is 18.1 Å². The topological polar surface area (TPSA) is 178 Å². The Morgan fingerprint density at radius 1 is 0.875 bits per heavy atom. The number of ether oxygens (including phenoxy) is 5. The number of rotatable bonds is 4. The standard InChI is InChI=1S/C28H40O12/c1-12-17(37-13(2)29)10-28(35)24(40-16(5)32)22-26(8,18(33)9-19(38-14(3)30)27(22)11-36-27)23(34)21(39-15(4)31)20(12)25(28,6)7/h17-19,21-24,33-35H,9-11H2,1-8H3/t17-,18-,19+,21+,22-,23-,24-,26+,27+,28+/m0/s1. The Bertz CT molecular complexity index is 1140. The van der Waals surface area contributed by atoms with Gasteiger partial charge in [0.15, 0.2) is 6.10 Å². The SMILES string of the molecule is CC(=O)O[C@H]1C[C@@]2(O)[C@@H](OC(C)=O)[C@@H]3[C@@]4(CO4)[C@H](OC(C)=O)C[C@H](O)[C@@]3(C)[C@@H](O)[C@H](OC(C)=O)C(=C1C)C2(C)C.